The van der Waals surface area contributed by atoms with Gasteiger partial charge < -0.3 is 10.2 Å². The molecule has 1 unspecified atom stereocenters. The van der Waals surface area contributed by atoms with Crippen LogP contribution < -0.4 is 9.62 Å². The summed E-state index contributed by atoms with van der Waals surface area (Å²) in [5.41, 5.74) is 3.57. The fourth-order valence-electron chi connectivity index (χ4n) is 4.50. The van der Waals surface area contributed by atoms with Crippen LogP contribution in [0.1, 0.15) is 36.1 Å². The molecule has 3 aromatic carbocycles. The number of sulfonamides is 1. The number of aryl methyl sites for hydroxylation is 2. The first kappa shape index (κ1) is 30.2. The van der Waals surface area contributed by atoms with Crippen LogP contribution in [0.5, 0.6) is 0 Å². The second-order valence-corrected chi connectivity index (χ2v) is 12.4. The number of benzene rings is 3. The summed E-state index contributed by atoms with van der Waals surface area (Å²) in [6.45, 7) is 6.99. The van der Waals surface area contributed by atoms with Crippen LogP contribution in [-0.4, -0.2) is 50.0 Å². The minimum absolute atomic E-state index is 0.101. The zero-order chi connectivity index (χ0) is 28.7. The monoisotopic (exact) mass is 569 g/mol. The van der Waals surface area contributed by atoms with Gasteiger partial charge in [-0.15, -0.1) is 0 Å². The third-order valence-corrected chi connectivity index (χ3v) is 7.70. The van der Waals surface area contributed by atoms with Gasteiger partial charge in [-0.2, -0.15) is 0 Å². The number of para-hydroxylation sites is 1. The molecular formula is C30H36ClN3O4S. The first-order valence-corrected chi connectivity index (χ1v) is 15.0. The highest BCUT2D eigenvalue weighted by Crippen LogP contribution is 2.27. The van der Waals surface area contributed by atoms with E-state index in [-0.39, 0.29) is 24.9 Å². The number of carbonyl (C=O) groups is 2. The van der Waals surface area contributed by atoms with Gasteiger partial charge in [-0.1, -0.05) is 72.3 Å². The molecule has 0 fully saturated rings. The number of nitrogens with zero attached hydrogens (tertiary/aromatic N) is 2. The molecule has 0 heterocycles. The van der Waals surface area contributed by atoms with Gasteiger partial charge >= 0.3 is 0 Å². The van der Waals surface area contributed by atoms with Crippen molar-refractivity contribution >= 4 is 39.1 Å². The number of hydrogen-bond donors (Lipinski definition) is 1. The summed E-state index contributed by atoms with van der Waals surface area (Å²) in [4.78, 5) is 29.1. The Morgan fingerprint density at radius 2 is 1.46 bits per heavy atom. The molecule has 0 radical (unpaired) electrons. The van der Waals surface area contributed by atoms with Crippen molar-refractivity contribution in [2.75, 3.05) is 17.1 Å². The Bertz CT molecular complexity index is 1370. The lowest BCUT2D eigenvalue weighted by atomic mass is 10.0. The molecule has 208 valence electrons. The minimum Gasteiger partial charge on any atom is -0.352 e. The van der Waals surface area contributed by atoms with Gasteiger partial charge in [0.1, 0.15) is 12.6 Å². The number of carbonyl (C=O) groups excluding carboxylic acids is 2. The van der Waals surface area contributed by atoms with Gasteiger partial charge in [0, 0.05) is 24.0 Å². The van der Waals surface area contributed by atoms with Gasteiger partial charge in [0.25, 0.3) is 0 Å². The third kappa shape index (κ3) is 8.31. The summed E-state index contributed by atoms with van der Waals surface area (Å²) in [6.07, 6.45) is 1.35. The topological polar surface area (TPSA) is 86.8 Å². The van der Waals surface area contributed by atoms with E-state index >= 15 is 0 Å². The molecule has 0 aliphatic rings. The van der Waals surface area contributed by atoms with Crippen LogP contribution in [0.15, 0.2) is 72.8 Å². The second-order valence-electron chi connectivity index (χ2n) is 10.0. The Labute approximate surface area is 236 Å². The molecule has 3 rings (SSSR count). The summed E-state index contributed by atoms with van der Waals surface area (Å²) in [5.74, 6) is -0.799. The molecule has 0 aliphatic carbocycles. The summed E-state index contributed by atoms with van der Waals surface area (Å²) in [6, 6.07) is 20.9. The highest BCUT2D eigenvalue weighted by molar-refractivity contribution is 7.92. The maximum absolute atomic E-state index is 14.1. The van der Waals surface area contributed by atoms with E-state index in [0.29, 0.717) is 10.7 Å². The molecule has 2 amide bonds. The predicted octanol–water partition coefficient (Wildman–Crippen LogP) is 4.89. The molecule has 3 aromatic rings. The quantitative estimate of drug-likeness (QED) is 0.356. The third-order valence-electron chi connectivity index (χ3n) is 6.34. The summed E-state index contributed by atoms with van der Waals surface area (Å²) < 4.78 is 27.1. The van der Waals surface area contributed by atoms with Crippen molar-refractivity contribution in [2.24, 2.45) is 0 Å². The lowest BCUT2D eigenvalue weighted by Gasteiger charge is -2.34. The number of anilines is 1. The normalized spacial score (nSPS) is 12.2. The SMILES string of the molecule is Cc1cccc(C)c1N(CC(=O)N(Cc1ccc(Cl)cc1)C(Cc1ccccc1)C(=O)NC(C)C)S(C)(=O)=O. The number of amides is 2. The zero-order valence-electron chi connectivity index (χ0n) is 23.0. The van der Waals surface area contributed by atoms with E-state index in [0.717, 1.165) is 32.8 Å². The number of hydrogen-bond acceptors (Lipinski definition) is 4. The van der Waals surface area contributed by atoms with Gasteiger partial charge in [0.05, 0.1) is 11.9 Å². The molecule has 0 saturated carbocycles. The average Bonchev–Trinajstić information content (AvgIpc) is 2.86. The van der Waals surface area contributed by atoms with Crippen LogP contribution in [-0.2, 0) is 32.6 Å². The molecule has 0 saturated heterocycles. The Morgan fingerprint density at radius 1 is 0.872 bits per heavy atom. The Morgan fingerprint density at radius 3 is 2.00 bits per heavy atom. The van der Waals surface area contributed by atoms with Crippen LogP contribution in [0, 0.1) is 13.8 Å². The molecule has 39 heavy (non-hydrogen) atoms. The fraction of sp³-hybridized carbons (Fsp3) is 0.333. The predicted molar refractivity (Wildman–Crippen MR) is 157 cm³/mol. The van der Waals surface area contributed by atoms with Crippen molar-refractivity contribution in [1.29, 1.82) is 0 Å². The minimum atomic E-state index is -3.83. The van der Waals surface area contributed by atoms with Crippen LogP contribution in [0.2, 0.25) is 5.02 Å². The molecule has 1 atom stereocenters. The lowest BCUT2D eigenvalue weighted by molar-refractivity contribution is -0.140. The van der Waals surface area contributed by atoms with E-state index in [1.165, 1.54) is 4.90 Å². The first-order chi connectivity index (χ1) is 18.4. The molecule has 1 N–H and O–H groups in total. The van der Waals surface area contributed by atoms with E-state index < -0.39 is 28.5 Å². The molecule has 9 heteroatoms. The van der Waals surface area contributed by atoms with Gasteiger partial charge in [0.2, 0.25) is 21.8 Å². The maximum Gasteiger partial charge on any atom is 0.244 e. The zero-order valence-corrected chi connectivity index (χ0v) is 24.6. The molecular weight excluding hydrogens is 534 g/mol. The first-order valence-electron chi connectivity index (χ1n) is 12.8. The van der Waals surface area contributed by atoms with Crippen molar-refractivity contribution in [3.8, 4) is 0 Å². The lowest BCUT2D eigenvalue weighted by Crippen LogP contribution is -2.54. The van der Waals surface area contributed by atoms with Crippen LogP contribution in [0.4, 0.5) is 5.69 Å². The van der Waals surface area contributed by atoms with Crippen molar-refractivity contribution in [3.05, 3.63) is 100 Å². The smallest absolute Gasteiger partial charge is 0.244 e. The summed E-state index contributed by atoms with van der Waals surface area (Å²) >= 11 is 6.09. The van der Waals surface area contributed by atoms with E-state index in [1.54, 1.807) is 24.3 Å². The van der Waals surface area contributed by atoms with Crippen LogP contribution in [0.25, 0.3) is 0 Å². The van der Waals surface area contributed by atoms with Crippen molar-refractivity contribution in [3.63, 3.8) is 0 Å². The molecule has 0 bridgehead atoms. The Hall–Kier alpha value is -3.36. The fourth-order valence-corrected chi connectivity index (χ4v) is 5.59. The molecule has 0 aromatic heterocycles. The standard InChI is InChI=1S/C30H36ClN3O4S/c1-21(2)32-30(36)27(18-24-12-7-6-8-13-24)33(19-25-14-16-26(31)17-15-25)28(35)20-34(39(5,37)38)29-22(3)10-9-11-23(29)4/h6-17,21,27H,18-20H2,1-5H3,(H,32,36). The van der Waals surface area contributed by atoms with Gasteiger partial charge in [-0.3, -0.25) is 13.9 Å². The number of rotatable bonds is 11. The van der Waals surface area contributed by atoms with Gasteiger partial charge in [-0.05, 0) is 62.1 Å². The highest BCUT2D eigenvalue weighted by Gasteiger charge is 2.33. The van der Waals surface area contributed by atoms with Crippen molar-refractivity contribution < 1.29 is 18.0 Å². The molecule has 0 aliphatic heterocycles. The average molecular weight is 570 g/mol. The van der Waals surface area contributed by atoms with E-state index in [4.69, 9.17) is 11.6 Å². The van der Waals surface area contributed by atoms with Crippen molar-refractivity contribution in [1.82, 2.24) is 10.2 Å². The highest BCUT2D eigenvalue weighted by atomic mass is 35.5. The van der Waals surface area contributed by atoms with Crippen LogP contribution in [0.3, 0.4) is 0 Å². The van der Waals surface area contributed by atoms with Gasteiger partial charge in [0.15, 0.2) is 0 Å². The van der Waals surface area contributed by atoms with E-state index in [2.05, 4.69) is 5.32 Å². The molecule has 7 nitrogen and oxygen atoms in total. The number of halogens is 1. The Kier molecular flexibility index (Phi) is 10.2. The summed E-state index contributed by atoms with van der Waals surface area (Å²) in [5, 5.41) is 3.49. The largest absolute Gasteiger partial charge is 0.352 e. The second kappa shape index (κ2) is 13.1. The number of nitrogens with one attached hydrogen (secondary N) is 1. The summed E-state index contributed by atoms with van der Waals surface area (Å²) in [7, 11) is -3.83. The van der Waals surface area contributed by atoms with Crippen LogP contribution >= 0.6 is 11.6 Å². The molecule has 0 spiro atoms. The van der Waals surface area contributed by atoms with Gasteiger partial charge in [-0.25, -0.2) is 8.42 Å². The maximum atomic E-state index is 14.1. The van der Waals surface area contributed by atoms with E-state index in [1.807, 2.05) is 76.2 Å². The van der Waals surface area contributed by atoms with E-state index in [9.17, 15) is 18.0 Å². The van der Waals surface area contributed by atoms with Crippen molar-refractivity contribution in [2.45, 2.75) is 52.7 Å². The Balaban J connectivity index is 2.08.